The molecule has 1 spiro atoms. The molecule has 1 aliphatic heterocycles. The Morgan fingerprint density at radius 1 is 0.557 bits per heavy atom. The molecule has 3 aliphatic carbocycles. The molecule has 7 aromatic carbocycles. The summed E-state index contributed by atoms with van der Waals surface area (Å²) in [6.45, 7) is 2.34. The van der Waals surface area contributed by atoms with E-state index in [1.165, 1.54) is 55.0 Å². The molecule has 5 nitrogen and oxygen atoms in total. The maximum Gasteiger partial charge on any atom is 0.164 e. The van der Waals surface area contributed by atoms with Gasteiger partial charge in [-0.2, -0.15) is 0 Å². The predicted octanol–water partition coefficient (Wildman–Crippen LogP) is 13.4. The molecule has 4 aliphatic rings. The molecule has 4 atom stereocenters. The third-order valence-electron chi connectivity index (χ3n) is 13.6. The Morgan fingerprint density at radius 3 is 1.97 bits per heavy atom. The molecule has 1 saturated carbocycles. The molecule has 2 aromatic heterocycles. The average molecular weight is 782 g/mol. The molecular formula is C56H39N5. The SMILES string of the molecule is CC1CC=Cc2c1c1cc(-c3nc(-c4ccccc4)nc(-c4ccc(-c5nc6ccccc6c6c5C57C=CC=CC5C7N6c5ccccc5)cc4)n3)ccc1c1ccccc21. The Hall–Kier alpha value is -7.50. The number of para-hydroxylation sites is 2. The van der Waals surface area contributed by atoms with Crippen LogP contribution in [-0.2, 0) is 5.41 Å². The van der Waals surface area contributed by atoms with Crippen LogP contribution in [0.25, 0.3) is 83.9 Å². The fourth-order valence-electron chi connectivity index (χ4n) is 10.9. The molecule has 9 aromatic rings. The molecule has 288 valence electrons. The van der Waals surface area contributed by atoms with Crippen LogP contribution in [0.2, 0.25) is 0 Å². The van der Waals surface area contributed by atoms with Crippen LogP contribution in [0.3, 0.4) is 0 Å². The number of allylic oxidation sites excluding steroid dienone is 3. The van der Waals surface area contributed by atoms with E-state index in [2.05, 4.69) is 182 Å². The first-order chi connectivity index (χ1) is 30.2. The highest BCUT2D eigenvalue weighted by atomic mass is 15.3. The molecule has 5 heteroatoms. The van der Waals surface area contributed by atoms with Crippen LogP contribution in [0, 0.1) is 5.92 Å². The summed E-state index contributed by atoms with van der Waals surface area (Å²) in [5.41, 5.74) is 12.3. The van der Waals surface area contributed by atoms with E-state index < -0.39 is 0 Å². The van der Waals surface area contributed by atoms with Gasteiger partial charge in [-0.3, -0.25) is 0 Å². The van der Waals surface area contributed by atoms with Crippen LogP contribution in [0.4, 0.5) is 11.4 Å². The number of anilines is 2. The van der Waals surface area contributed by atoms with E-state index in [1.807, 2.05) is 18.2 Å². The second-order valence-corrected chi connectivity index (χ2v) is 17.0. The van der Waals surface area contributed by atoms with Gasteiger partial charge in [0.15, 0.2) is 17.5 Å². The number of rotatable bonds is 5. The van der Waals surface area contributed by atoms with Gasteiger partial charge >= 0.3 is 0 Å². The van der Waals surface area contributed by atoms with Gasteiger partial charge < -0.3 is 4.90 Å². The van der Waals surface area contributed by atoms with Gasteiger partial charge in [-0.05, 0) is 69.3 Å². The van der Waals surface area contributed by atoms with E-state index >= 15 is 0 Å². The van der Waals surface area contributed by atoms with Gasteiger partial charge in [0, 0.05) is 50.2 Å². The zero-order chi connectivity index (χ0) is 40.2. The summed E-state index contributed by atoms with van der Waals surface area (Å²) in [4.78, 5) is 23.6. The van der Waals surface area contributed by atoms with Crippen molar-refractivity contribution in [3.63, 3.8) is 0 Å². The lowest BCUT2D eigenvalue weighted by Crippen LogP contribution is -2.20. The number of hydrogen-bond donors (Lipinski definition) is 0. The van der Waals surface area contributed by atoms with Crippen LogP contribution >= 0.6 is 0 Å². The summed E-state index contributed by atoms with van der Waals surface area (Å²) in [6, 6.07) is 54.3. The zero-order valence-electron chi connectivity index (χ0n) is 33.6. The maximum atomic E-state index is 5.47. The zero-order valence-corrected chi connectivity index (χ0v) is 33.6. The lowest BCUT2D eigenvalue weighted by Gasteiger charge is -2.27. The fraction of sp³-hybridized carbons (Fsp3) is 0.107. The van der Waals surface area contributed by atoms with E-state index in [0.29, 0.717) is 35.4 Å². The van der Waals surface area contributed by atoms with E-state index in [1.54, 1.807) is 0 Å². The molecule has 0 radical (unpaired) electrons. The maximum absolute atomic E-state index is 5.47. The Balaban J connectivity index is 0.968. The van der Waals surface area contributed by atoms with Gasteiger partial charge in [-0.25, -0.2) is 19.9 Å². The second kappa shape index (κ2) is 13.0. The van der Waals surface area contributed by atoms with Crippen LogP contribution in [0.1, 0.15) is 36.0 Å². The normalized spacial score (nSPS) is 20.5. The van der Waals surface area contributed by atoms with Crippen molar-refractivity contribution in [2.75, 3.05) is 4.90 Å². The average Bonchev–Trinajstić information content (AvgIpc) is 3.90. The smallest absolute Gasteiger partial charge is 0.164 e. The molecule has 0 amide bonds. The van der Waals surface area contributed by atoms with Gasteiger partial charge in [0.2, 0.25) is 0 Å². The van der Waals surface area contributed by atoms with E-state index in [4.69, 9.17) is 19.9 Å². The lowest BCUT2D eigenvalue weighted by atomic mass is 9.81. The molecule has 0 saturated heterocycles. The first kappa shape index (κ1) is 34.4. The summed E-state index contributed by atoms with van der Waals surface area (Å²) in [5, 5.41) is 6.28. The highest BCUT2D eigenvalue weighted by Gasteiger charge is 2.72. The predicted molar refractivity (Wildman–Crippen MR) is 250 cm³/mol. The first-order valence-corrected chi connectivity index (χ1v) is 21.4. The Bertz CT molecular complexity index is 3370. The lowest BCUT2D eigenvalue weighted by molar-refractivity contribution is 0.781. The summed E-state index contributed by atoms with van der Waals surface area (Å²) < 4.78 is 0. The van der Waals surface area contributed by atoms with Crippen molar-refractivity contribution in [1.29, 1.82) is 0 Å². The molecule has 4 unspecified atom stereocenters. The van der Waals surface area contributed by atoms with Crippen LogP contribution in [0.15, 0.2) is 182 Å². The summed E-state index contributed by atoms with van der Waals surface area (Å²) in [7, 11) is 0. The third-order valence-corrected chi connectivity index (χ3v) is 13.6. The van der Waals surface area contributed by atoms with Crippen molar-refractivity contribution in [2.45, 2.75) is 30.7 Å². The minimum atomic E-state index is -0.141. The second-order valence-electron chi connectivity index (χ2n) is 17.0. The van der Waals surface area contributed by atoms with E-state index in [0.717, 1.165) is 39.9 Å². The van der Waals surface area contributed by atoms with Crippen molar-refractivity contribution in [2.24, 2.45) is 5.92 Å². The molecule has 1 fully saturated rings. The highest BCUT2D eigenvalue weighted by molar-refractivity contribution is 6.14. The standard InChI is InChI=1S/C56H39N5/c1-34-15-14-23-43-41-21-9-8-20-40(41)42-31-30-38(33-45(42)48(34)43)55-59-53(36-16-4-2-5-17-36)58-54(60-55)37-28-26-35(27-29-37)50-49-51(44-22-10-11-25-47(44)57-50)61(39-18-6-3-7-19-39)52-46-24-12-13-32-56(46,49)52/h2-14,16-34,46,52H,15H2,1H3. The summed E-state index contributed by atoms with van der Waals surface area (Å²) in [5.74, 6) is 2.73. The van der Waals surface area contributed by atoms with Crippen molar-refractivity contribution < 1.29 is 0 Å². The Labute approximate surface area is 354 Å². The molecule has 0 N–H and O–H groups in total. The van der Waals surface area contributed by atoms with Gasteiger partial charge in [0.05, 0.1) is 22.9 Å². The number of benzene rings is 7. The van der Waals surface area contributed by atoms with E-state index in [-0.39, 0.29) is 5.41 Å². The first-order valence-electron chi connectivity index (χ1n) is 21.4. The number of pyridine rings is 1. The molecule has 13 rings (SSSR count). The number of hydrogen-bond acceptors (Lipinski definition) is 5. The largest absolute Gasteiger partial charge is 0.336 e. The summed E-state index contributed by atoms with van der Waals surface area (Å²) >= 11 is 0. The van der Waals surface area contributed by atoms with Crippen molar-refractivity contribution in [3.05, 3.63) is 199 Å². The molecule has 61 heavy (non-hydrogen) atoms. The minimum absolute atomic E-state index is 0.141. The van der Waals surface area contributed by atoms with Crippen molar-refractivity contribution in [3.8, 4) is 45.4 Å². The van der Waals surface area contributed by atoms with Crippen molar-refractivity contribution >= 4 is 49.9 Å². The van der Waals surface area contributed by atoms with Crippen LogP contribution < -0.4 is 4.90 Å². The van der Waals surface area contributed by atoms with Crippen LogP contribution in [0.5, 0.6) is 0 Å². The summed E-state index contributed by atoms with van der Waals surface area (Å²) in [6.07, 6.45) is 14.9. The van der Waals surface area contributed by atoms with Gasteiger partial charge in [-0.15, -0.1) is 0 Å². The van der Waals surface area contributed by atoms with Crippen LogP contribution in [-0.4, -0.2) is 26.0 Å². The topological polar surface area (TPSA) is 54.8 Å². The number of nitrogens with zero attached hydrogens (tertiary/aromatic N) is 5. The Kier molecular flexibility index (Phi) is 7.32. The van der Waals surface area contributed by atoms with Gasteiger partial charge in [0.25, 0.3) is 0 Å². The monoisotopic (exact) mass is 781 g/mol. The van der Waals surface area contributed by atoms with E-state index in [9.17, 15) is 0 Å². The van der Waals surface area contributed by atoms with Gasteiger partial charge in [-0.1, -0.05) is 171 Å². The number of fused-ring (bicyclic) bond motifs is 10. The van der Waals surface area contributed by atoms with Crippen molar-refractivity contribution in [1.82, 2.24) is 19.9 Å². The molecule has 0 bridgehead atoms. The molecule has 3 heterocycles. The minimum Gasteiger partial charge on any atom is -0.336 e. The highest BCUT2D eigenvalue weighted by Crippen LogP contribution is 2.71. The fourth-order valence-corrected chi connectivity index (χ4v) is 10.9. The Morgan fingerprint density at radius 2 is 1.18 bits per heavy atom. The number of aromatic nitrogens is 4. The van der Waals surface area contributed by atoms with Gasteiger partial charge in [0.1, 0.15) is 0 Å². The third kappa shape index (κ3) is 5.01. The quantitative estimate of drug-likeness (QED) is 0.163. The molecular weight excluding hydrogens is 743 g/mol.